The van der Waals surface area contributed by atoms with Gasteiger partial charge in [-0.05, 0) is 23.8 Å². The molecule has 0 unspecified atom stereocenters. The lowest BCUT2D eigenvalue weighted by Gasteiger charge is -2.00. The molecule has 3 rings (SSSR count). The summed E-state index contributed by atoms with van der Waals surface area (Å²) in [5.74, 6) is 0. The minimum Gasteiger partial charge on any atom is -0.463 e. The molecule has 0 saturated heterocycles. The summed E-state index contributed by atoms with van der Waals surface area (Å²) in [6.07, 6.45) is 6.86. The van der Waals surface area contributed by atoms with Gasteiger partial charge in [-0.1, -0.05) is 56.2 Å². The van der Waals surface area contributed by atoms with Crippen LogP contribution in [0, 0.1) is 0 Å². The number of hydrogen-bond acceptors (Lipinski definition) is 1. The van der Waals surface area contributed by atoms with E-state index in [9.17, 15) is 0 Å². The van der Waals surface area contributed by atoms with Crippen LogP contribution in [-0.4, -0.2) is 0 Å². The largest absolute Gasteiger partial charge is 0.463 e. The van der Waals surface area contributed by atoms with E-state index >= 15 is 0 Å². The van der Waals surface area contributed by atoms with Crippen LogP contribution in [0.15, 0.2) is 47.1 Å². The molecule has 0 spiro atoms. The summed E-state index contributed by atoms with van der Waals surface area (Å²) in [7, 11) is 0. The van der Waals surface area contributed by atoms with Gasteiger partial charge in [0.2, 0.25) is 0 Å². The molecule has 1 aromatic heterocycles. The van der Waals surface area contributed by atoms with Crippen LogP contribution in [0.5, 0.6) is 0 Å². The summed E-state index contributed by atoms with van der Waals surface area (Å²) >= 11 is 0. The molecule has 92 valence electrons. The molecule has 18 heavy (non-hydrogen) atoms. The van der Waals surface area contributed by atoms with Gasteiger partial charge in [0.25, 0.3) is 0 Å². The lowest BCUT2D eigenvalue weighted by Crippen LogP contribution is -1.83. The summed E-state index contributed by atoms with van der Waals surface area (Å²) in [6.45, 7) is 2.24. The van der Waals surface area contributed by atoms with E-state index in [0.717, 1.165) is 12.0 Å². The Morgan fingerprint density at radius 3 is 2.72 bits per heavy atom. The number of hydrogen-bond donors (Lipinski definition) is 0. The molecule has 1 heteroatoms. The third-order valence-electron chi connectivity index (χ3n) is 3.59. The average Bonchev–Trinajstić information content (AvgIpc) is 2.83. The fraction of sp³-hybridized carbons (Fsp3) is 0.294. The van der Waals surface area contributed by atoms with Gasteiger partial charge in [0.05, 0.1) is 6.26 Å². The van der Waals surface area contributed by atoms with Gasteiger partial charge in [-0.3, -0.25) is 0 Å². The molecule has 3 aromatic rings. The fourth-order valence-electron chi connectivity index (χ4n) is 2.58. The van der Waals surface area contributed by atoms with Crippen molar-refractivity contribution in [3.05, 3.63) is 48.2 Å². The van der Waals surface area contributed by atoms with Crippen molar-refractivity contribution in [2.75, 3.05) is 0 Å². The van der Waals surface area contributed by atoms with Crippen molar-refractivity contribution in [3.8, 4) is 0 Å². The van der Waals surface area contributed by atoms with E-state index in [2.05, 4.69) is 43.3 Å². The van der Waals surface area contributed by atoms with Crippen LogP contribution in [0.2, 0.25) is 0 Å². The van der Waals surface area contributed by atoms with Crippen LogP contribution in [0.3, 0.4) is 0 Å². The smallest absolute Gasteiger partial charge is 0.141 e. The number of fused-ring (bicyclic) bond motifs is 3. The highest BCUT2D eigenvalue weighted by atomic mass is 16.3. The van der Waals surface area contributed by atoms with Crippen molar-refractivity contribution < 1.29 is 4.42 Å². The Balaban J connectivity index is 2.06. The summed E-state index contributed by atoms with van der Waals surface area (Å²) in [5.41, 5.74) is 2.39. The molecule has 0 radical (unpaired) electrons. The summed E-state index contributed by atoms with van der Waals surface area (Å²) < 4.78 is 5.79. The molecule has 0 N–H and O–H groups in total. The number of rotatable bonds is 4. The lowest BCUT2D eigenvalue weighted by atomic mass is 10.0. The minimum absolute atomic E-state index is 1.04. The van der Waals surface area contributed by atoms with Crippen molar-refractivity contribution >= 4 is 21.7 Å². The Labute approximate surface area is 107 Å². The first kappa shape index (κ1) is 11.3. The van der Waals surface area contributed by atoms with Gasteiger partial charge < -0.3 is 4.42 Å². The monoisotopic (exact) mass is 238 g/mol. The molecule has 0 bridgehead atoms. The summed E-state index contributed by atoms with van der Waals surface area (Å²) in [4.78, 5) is 0. The predicted octanol–water partition coefficient (Wildman–Crippen LogP) is 5.32. The van der Waals surface area contributed by atoms with Crippen molar-refractivity contribution in [3.63, 3.8) is 0 Å². The molecule has 0 aliphatic carbocycles. The zero-order valence-corrected chi connectivity index (χ0v) is 10.8. The SMILES string of the molecule is CCCCCc1coc2c1ccc1ccccc12. The number of unbranched alkanes of at least 4 members (excludes halogenated alkanes) is 2. The van der Waals surface area contributed by atoms with Crippen LogP contribution in [0.25, 0.3) is 21.7 Å². The van der Waals surface area contributed by atoms with Crippen molar-refractivity contribution in [2.24, 2.45) is 0 Å². The Hall–Kier alpha value is -1.76. The Bertz CT molecular complexity index is 663. The maximum atomic E-state index is 5.79. The molecular weight excluding hydrogens is 220 g/mol. The summed E-state index contributed by atoms with van der Waals surface area (Å²) in [6, 6.07) is 12.8. The van der Waals surface area contributed by atoms with Crippen molar-refractivity contribution in [2.45, 2.75) is 32.6 Å². The molecule has 0 aliphatic heterocycles. The predicted molar refractivity (Wildman–Crippen MR) is 76.9 cm³/mol. The third kappa shape index (κ3) is 1.90. The fourth-order valence-corrected chi connectivity index (χ4v) is 2.58. The highest BCUT2D eigenvalue weighted by molar-refractivity contribution is 6.05. The Kier molecular flexibility index (Phi) is 3.06. The zero-order chi connectivity index (χ0) is 12.4. The summed E-state index contributed by atoms with van der Waals surface area (Å²) in [5, 5.41) is 3.75. The van der Waals surface area contributed by atoms with Gasteiger partial charge in [-0.25, -0.2) is 0 Å². The normalized spacial score (nSPS) is 11.4. The standard InChI is InChI=1S/C17H18O/c1-2-3-4-8-14-12-18-17-15-9-6-5-7-13(15)10-11-16(14)17/h5-7,9-12H,2-4,8H2,1H3. The highest BCUT2D eigenvalue weighted by Crippen LogP contribution is 2.29. The van der Waals surface area contributed by atoms with Crippen molar-refractivity contribution in [1.82, 2.24) is 0 Å². The molecule has 0 saturated carbocycles. The number of benzene rings is 2. The second kappa shape index (κ2) is 4.85. The molecule has 0 aliphatic rings. The van der Waals surface area contributed by atoms with Crippen LogP contribution in [-0.2, 0) is 6.42 Å². The minimum atomic E-state index is 1.04. The van der Waals surface area contributed by atoms with Crippen LogP contribution >= 0.6 is 0 Å². The lowest BCUT2D eigenvalue weighted by molar-refractivity contribution is 0.609. The van der Waals surface area contributed by atoms with Gasteiger partial charge >= 0.3 is 0 Å². The molecule has 1 heterocycles. The van der Waals surface area contributed by atoms with E-state index in [1.54, 1.807) is 0 Å². The van der Waals surface area contributed by atoms with Gasteiger partial charge in [0.15, 0.2) is 0 Å². The van der Waals surface area contributed by atoms with Gasteiger partial charge in [-0.15, -0.1) is 0 Å². The van der Waals surface area contributed by atoms with Gasteiger partial charge in [-0.2, -0.15) is 0 Å². The van der Waals surface area contributed by atoms with Crippen LogP contribution in [0.4, 0.5) is 0 Å². The third-order valence-corrected chi connectivity index (χ3v) is 3.59. The number of aryl methyl sites for hydroxylation is 1. The topological polar surface area (TPSA) is 13.1 Å². The zero-order valence-electron chi connectivity index (χ0n) is 10.8. The average molecular weight is 238 g/mol. The van der Waals surface area contributed by atoms with E-state index in [0.29, 0.717) is 0 Å². The maximum absolute atomic E-state index is 5.79. The molecule has 0 fully saturated rings. The second-order valence-electron chi connectivity index (χ2n) is 4.88. The van der Waals surface area contributed by atoms with E-state index in [1.807, 2.05) is 6.26 Å². The van der Waals surface area contributed by atoms with E-state index in [-0.39, 0.29) is 0 Å². The van der Waals surface area contributed by atoms with Crippen LogP contribution < -0.4 is 0 Å². The van der Waals surface area contributed by atoms with Gasteiger partial charge in [0, 0.05) is 10.8 Å². The van der Waals surface area contributed by atoms with Crippen LogP contribution in [0.1, 0.15) is 31.7 Å². The molecule has 0 atom stereocenters. The maximum Gasteiger partial charge on any atom is 0.141 e. The first-order valence-electron chi connectivity index (χ1n) is 6.78. The second-order valence-corrected chi connectivity index (χ2v) is 4.88. The van der Waals surface area contributed by atoms with E-state index < -0.39 is 0 Å². The molecule has 1 nitrogen and oxygen atoms in total. The quantitative estimate of drug-likeness (QED) is 0.561. The van der Waals surface area contributed by atoms with Gasteiger partial charge in [0.1, 0.15) is 5.58 Å². The van der Waals surface area contributed by atoms with E-state index in [4.69, 9.17) is 4.42 Å². The first-order valence-corrected chi connectivity index (χ1v) is 6.78. The Morgan fingerprint density at radius 2 is 1.83 bits per heavy atom. The first-order chi connectivity index (χ1) is 8.90. The van der Waals surface area contributed by atoms with Crippen molar-refractivity contribution in [1.29, 1.82) is 0 Å². The Morgan fingerprint density at radius 1 is 0.944 bits per heavy atom. The molecular formula is C17H18O. The van der Waals surface area contributed by atoms with E-state index in [1.165, 1.54) is 41.0 Å². The highest BCUT2D eigenvalue weighted by Gasteiger charge is 2.08. The molecule has 2 aromatic carbocycles. The number of furan rings is 1. The molecule has 0 amide bonds.